The van der Waals surface area contributed by atoms with Gasteiger partial charge < -0.3 is 9.84 Å². The number of aliphatic hydroxyl groups is 1. The van der Waals surface area contributed by atoms with Crippen molar-refractivity contribution in [2.45, 2.75) is 32.5 Å². The highest BCUT2D eigenvalue weighted by molar-refractivity contribution is 5.42. The van der Waals surface area contributed by atoms with Crippen LogP contribution in [0.4, 0.5) is 0 Å². The lowest BCUT2D eigenvalue weighted by molar-refractivity contribution is -0.0456. The number of benzene rings is 1. The molecule has 0 saturated heterocycles. The Morgan fingerprint density at radius 2 is 2.00 bits per heavy atom. The molecule has 1 aliphatic rings. The zero-order chi connectivity index (χ0) is 10.3. The van der Waals surface area contributed by atoms with Crippen LogP contribution in [0.15, 0.2) is 24.3 Å². The molecule has 1 aromatic rings. The molecule has 1 aromatic carbocycles. The summed E-state index contributed by atoms with van der Waals surface area (Å²) in [7, 11) is 0. The van der Waals surface area contributed by atoms with Gasteiger partial charge in [0.1, 0.15) is 17.5 Å². The fourth-order valence-corrected chi connectivity index (χ4v) is 2.18. The van der Waals surface area contributed by atoms with Gasteiger partial charge in [-0.2, -0.15) is 0 Å². The van der Waals surface area contributed by atoms with Gasteiger partial charge >= 0.3 is 0 Å². The molecule has 0 bridgehead atoms. The summed E-state index contributed by atoms with van der Waals surface area (Å²) in [5, 5.41) is 10.4. The average Bonchev–Trinajstić information content (AvgIpc) is 2.39. The van der Waals surface area contributed by atoms with Crippen molar-refractivity contribution < 1.29 is 9.84 Å². The van der Waals surface area contributed by atoms with E-state index in [9.17, 15) is 5.11 Å². The van der Waals surface area contributed by atoms with E-state index in [0.717, 1.165) is 11.3 Å². The molecule has 2 heteroatoms. The highest BCUT2D eigenvalue weighted by Gasteiger charge is 2.44. The predicted molar refractivity (Wildman–Crippen MR) is 55.3 cm³/mol. The maximum absolute atomic E-state index is 10.4. The standard InChI is InChI=1S/C12H16O2/c1-8(2)11-12(3,13)9-6-4-5-7-10(9)14-11/h4-8,11,13H,1-3H3/t11-,12-/m1/s1. The fraction of sp³-hybridized carbons (Fsp3) is 0.500. The molecule has 14 heavy (non-hydrogen) atoms. The molecule has 0 spiro atoms. The lowest BCUT2D eigenvalue weighted by atomic mass is 9.86. The monoisotopic (exact) mass is 192 g/mol. The van der Waals surface area contributed by atoms with Gasteiger partial charge in [-0.05, 0) is 18.9 Å². The number of hydrogen-bond acceptors (Lipinski definition) is 2. The van der Waals surface area contributed by atoms with Crippen LogP contribution in [0.1, 0.15) is 26.3 Å². The average molecular weight is 192 g/mol. The molecular formula is C12H16O2. The summed E-state index contributed by atoms with van der Waals surface area (Å²) in [6.07, 6.45) is -0.139. The predicted octanol–water partition coefficient (Wildman–Crippen LogP) is 2.31. The summed E-state index contributed by atoms with van der Waals surface area (Å²) >= 11 is 0. The van der Waals surface area contributed by atoms with Crippen LogP contribution in [0.3, 0.4) is 0 Å². The molecule has 0 fully saturated rings. The van der Waals surface area contributed by atoms with Crippen molar-refractivity contribution in [3.63, 3.8) is 0 Å². The molecular weight excluding hydrogens is 176 g/mol. The normalized spacial score (nSPS) is 30.2. The number of hydrogen-bond donors (Lipinski definition) is 1. The third-order valence-electron chi connectivity index (χ3n) is 2.85. The maximum atomic E-state index is 10.4. The van der Waals surface area contributed by atoms with Crippen LogP contribution in [0.5, 0.6) is 5.75 Å². The largest absolute Gasteiger partial charge is 0.486 e. The first kappa shape index (κ1) is 9.53. The van der Waals surface area contributed by atoms with E-state index in [1.807, 2.05) is 31.2 Å². The number of rotatable bonds is 1. The smallest absolute Gasteiger partial charge is 0.134 e. The minimum Gasteiger partial charge on any atom is -0.486 e. The Morgan fingerprint density at radius 3 is 2.57 bits per heavy atom. The van der Waals surface area contributed by atoms with E-state index in [1.54, 1.807) is 0 Å². The highest BCUT2D eigenvalue weighted by atomic mass is 16.5. The molecule has 1 N–H and O–H groups in total. The third-order valence-corrected chi connectivity index (χ3v) is 2.85. The minimum absolute atomic E-state index is 0.139. The summed E-state index contributed by atoms with van der Waals surface area (Å²) in [5.74, 6) is 1.12. The Bertz CT molecular complexity index is 342. The van der Waals surface area contributed by atoms with Gasteiger partial charge in [0.25, 0.3) is 0 Å². The van der Waals surface area contributed by atoms with Crippen molar-refractivity contribution in [3.05, 3.63) is 29.8 Å². The fourth-order valence-electron chi connectivity index (χ4n) is 2.18. The van der Waals surface area contributed by atoms with Crippen LogP contribution in [0.25, 0.3) is 0 Å². The Kier molecular flexibility index (Phi) is 2.04. The first-order valence-corrected chi connectivity index (χ1v) is 5.02. The molecule has 0 aromatic heterocycles. The van der Waals surface area contributed by atoms with Gasteiger partial charge in [-0.3, -0.25) is 0 Å². The van der Waals surface area contributed by atoms with Crippen molar-refractivity contribution in [1.82, 2.24) is 0 Å². The lowest BCUT2D eigenvalue weighted by Crippen LogP contribution is -2.38. The zero-order valence-electron chi connectivity index (χ0n) is 8.82. The molecule has 0 unspecified atom stereocenters. The van der Waals surface area contributed by atoms with Crippen molar-refractivity contribution in [1.29, 1.82) is 0 Å². The first-order valence-electron chi connectivity index (χ1n) is 5.02. The molecule has 0 radical (unpaired) electrons. The topological polar surface area (TPSA) is 29.5 Å². The zero-order valence-corrected chi connectivity index (χ0v) is 8.82. The Hall–Kier alpha value is -1.02. The van der Waals surface area contributed by atoms with Gasteiger partial charge in [0.2, 0.25) is 0 Å². The van der Waals surface area contributed by atoms with E-state index < -0.39 is 5.60 Å². The van der Waals surface area contributed by atoms with Gasteiger partial charge in [-0.25, -0.2) is 0 Å². The SMILES string of the molecule is CC(C)[C@H]1Oc2ccccc2[C@@]1(C)O. The van der Waals surface area contributed by atoms with E-state index >= 15 is 0 Å². The Morgan fingerprint density at radius 1 is 1.36 bits per heavy atom. The van der Waals surface area contributed by atoms with Gasteiger partial charge in [-0.15, -0.1) is 0 Å². The van der Waals surface area contributed by atoms with E-state index in [-0.39, 0.29) is 6.10 Å². The van der Waals surface area contributed by atoms with Gasteiger partial charge in [0.15, 0.2) is 0 Å². The number of para-hydroxylation sites is 1. The van der Waals surface area contributed by atoms with Crippen LogP contribution < -0.4 is 4.74 Å². The van der Waals surface area contributed by atoms with E-state index in [0.29, 0.717) is 5.92 Å². The lowest BCUT2D eigenvalue weighted by Gasteiger charge is -2.27. The highest BCUT2D eigenvalue weighted by Crippen LogP contribution is 2.43. The Labute approximate surface area is 84.5 Å². The van der Waals surface area contributed by atoms with Gasteiger partial charge in [0, 0.05) is 5.56 Å². The summed E-state index contributed by atoms with van der Waals surface area (Å²) in [6.45, 7) is 5.94. The molecule has 1 heterocycles. The van der Waals surface area contributed by atoms with E-state index in [1.165, 1.54) is 0 Å². The van der Waals surface area contributed by atoms with Crippen molar-refractivity contribution >= 4 is 0 Å². The second kappa shape index (κ2) is 2.99. The number of ether oxygens (including phenoxy) is 1. The van der Waals surface area contributed by atoms with Crippen molar-refractivity contribution in [2.24, 2.45) is 5.92 Å². The summed E-state index contributed by atoms with van der Waals surface area (Å²) in [5.41, 5.74) is 0.0452. The molecule has 2 atom stereocenters. The second-order valence-electron chi connectivity index (χ2n) is 4.43. The van der Waals surface area contributed by atoms with Crippen molar-refractivity contribution in [2.75, 3.05) is 0 Å². The van der Waals surface area contributed by atoms with Crippen LogP contribution in [0, 0.1) is 5.92 Å². The summed E-state index contributed by atoms with van der Waals surface area (Å²) in [6, 6.07) is 7.70. The maximum Gasteiger partial charge on any atom is 0.134 e. The molecule has 0 saturated carbocycles. The minimum atomic E-state index is -0.856. The van der Waals surface area contributed by atoms with E-state index in [4.69, 9.17) is 4.74 Å². The second-order valence-corrected chi connectivity index (χ2v) is 4.43. The molecule has 2 nitrogen and oxygen atoms in total. The molecule has 0 amide bonds. The molecule has 0 aliphatic carbocycles. The molecule has 2 rings (SSSR count). The first-order chi connectivity index (χ1) is 6.53. The van der Waals surface area contributed by atoms with Crippen molar-refractivity contribution in [3.8, 4) is 5.75 Å². The van der Waals surface area contributed by atoms with Gasteiger partial charge in [-0.1, -0.05) is 32.0 Å². The third kappa shape index (κ3) is 1.22. The van der Waals surface area contributed by atoms with Crippen LogP contribution in [-0.4, -0.2) is 11.2 Å². The number of fused-ring (bicyclic) bond motifs is 1. The summed E-state index contributed by atoms with van der Waals surface area (Å²) in [4.78, 5) is 0. The van der Waals surface area contributed by atoms with Crippen LogP contribution in [0.2, 0.25) is 0 Å². The van der Waals surface area contributed by atoms with Crippen LogP contribution in [-0.2, 0) is 5.60 Å². The Balaban J connectivity index is 2.45. The summed E-state index contributed by atoms with van der Waals surface area (Å²) < 4.78 is 5.73. The van der Waals surface area contributed by atoms with E-state index in [2.05, 4.69) is 13.8 Å². The molecule has 1 aliphatic heterocycles. The van der Waals surface area contributed by atoms with Crippen LogP contribution >= 0.6 is 0 Å². The molecule has 76 valence electrons. The quantitative estimate of drug-likeness (QED) is 0.740. The van der Waals surface area contributed by atoms with Gasteiger partial charge in [0.05, 0.1) is 0 Å².